The van der Waals surface area contributed by atoms with E-state index < -0.39 is 0 Å². The second-order valence-corrected chi connectivity index (χ2v) is 6.84. The third kappa shape index (κ3) is 3.14. The van der Waals surface area contributed by atoms with Crippen LogP contribution in [0.5, 0.6) is 0 Å². The lowest BCUT2D eigenvalue weighted by Gasteiger charge is -2.30. The normalized spacial score (nSPS) is 18.4. The van der Waals surface area contributed by atoms with Crippen molar-refractivity contribution in [3.63, 3.8) is 0 Å². The van der Waals surface area contributed by atoms with E-state index in [-0.39, 0.29) is 11.5 Å². The molecule has 100 valence electrons. The molecule has 2 rings (SSSR count). The Morgan fingerprint density at radius 3 is 2.44 bits per heavy atom. The van der Waals surface area contributed by atoms with E-state index in [1.54, 1.807) is 5.56 Å². The predicted octanol–water partition coefficient (Wildman–Crippen LogP) is 4.26. The largest absolute Gasteiger partial charge is 0.327 e. The van der Waals surface area contributed by atoms with Gasteiger partial charge >= 0.3 is 0 Å². The smallest absolute Gasteiger partial charge is 0.00908 e. The number of nitrogens with two attached hydrogens (primary N) is 1. The monoisotopic (exact) mass is 245 g/mol. The molecule has 1 aromatic carbocycles. The van der Waals surface area contributed by atoms with Crippen molar-refractivity contribution >= 4 is 0 Å². The molecule has 0 amide bonds. The summed E-state index contributed by atoms with van der Waals surface area (Å²) >= 11 is 0. The second-order valence-electron chi connectivity index (χ2n) is 6.84. The molecule has 1 aromatic rings. The first-order valence-corrected chi connectivity index (χ1v) is 7.32. The molecule has 1 aliphatic carbocycles. The minimum atomic E-state index is 0.214. The van der Waals surface area contributed by atoms with Crippen molar-refractivity contribution in [1.82, 2.24) is 0 Å². The molecule has 1 heteroatoms. The van der Waals surface area contributed by atoms with E-state index in [9.17, 15) is 0 Å². The zero-order chi connectivity index (χ0) is 13.2. The van der Waals surface area contributed by atoms with E-state index >= 15 is 0 Å². The Balaban J connectivity index is 2.00. The third-order valence-electron chi connectivity index (χ3n) is 4.44. The van der Waals surface area contributed by atoms with Crippen LogP contribution < -0.4 is 5.73 Å². The van der Waals surface area contributed by atoms with Gasteiger partial charge in [-0.3, -0.25) is 0 Å². The first-order chi connectivity index (χ1) is 8.48. The zero-order valence-electron chi connectivity index (χ0n) is 12.1. The fraction of sp³-hybridized carbons (Fsp3) is 0.647. The van der Waals surface area contributed by atoms with E-state index in [4.69, 9.17) is 5.73 Å². The lowest BCUT2D eigenvalue weighted by molar-refractivity contribution is 0.305. The molecular weight excluding hydrogens is 218 g/mol. The van der Waals surface area contributed by atoms with Crippen molar-refractivity contribution in [2.45, 2.75) is 64.8 Å². The molecule has 18 heavy (non-hydrogen) atoms. The predicted molar refractivity (Wildman–Crippen MR) is 78.8 cm³/mol. The summed E-state index contributed by atoms with van der Waals surface area (Å²) in [6, 6.07) is 9.25. The minimum Gasteiger partial charge on any atom is -0.327 e. The topological polar surface area (TPSA) is 26.0 Å². The van der Waals surface area contributed by atoms with Crippen LogP contribution in [0.3, 0.4) is 0 Å². The first kappa shape index (κ1) is 13.6. The van der Waals surface area contributed by atoms with E-state index in [1.807, 2.05) is 0 Å². The second kappa shape index (κ2) is 5.44. The molecule has 1 fully saturated rings. The highest BCUT2D eigenvalue weighted by Crippen LogP contribution is 2.38. The molecule has 2 N–H and O–H groups in total. The average molecular weight is 245 g/mol. The van der Waals surface area contributed by atoms with E-state index in [1.165, 1.54) is 24.8 Å². The number of hydrogen-bond acceptors (Lipinski definition) is 1. The van der Waals surface area contributed by atoms with Gasteiger partial charge in [-0.05, 0) is 48.1 Å². The molecule has 0 aromatic heterocycles. The van der Waals surface area contributed by atoms with Gasteiger partial charge in [-0.15, -0.1) is 0 Å². The molecule has 1 aliphatic rings. The van der Waals surface area contributed by atoms with Crippen LogP contribution in [0.4, 0.5) is 0 Å². The summed E-state index contributed by atoms with van der Waals surface area (Å²) in [5, 5.41) is 0. The summed E-state index contributed by atoms with van der Waals surface area (Å²) in [6.45, 7) is 6.69. The summed E-state index contributed by atoms with van der Waals surface area (Å²) in [6.07, 6.45) is 6.38. The molecule has 0 bridgehead atoms. The highest BCUT2D eigenvalue weighted by atomic mass is 14.7. The van der Waals surface area contributed by atoms with Crippen molar-refractivity contribution < 1.29 is 0 Å². The molecular formula is C17H27N. The zero-order valence-corrected chi connectivity index (χ0v) is 12.1. The summed E-state index contributed by atoms with van der Waals surface area (Å²) in [5.74, 6) is 0.826. The number of rotatable bonds is 4. The Morgan fingerprint density at radius 2 is 1.89 bits per heavy atom. The lowest BCUT2D eigenvalue weighted by Crippen LogP contribution is -2.35. The average Bonchev–Trinajstić information content (AvgIpc) is 2.24. The van der Waals surface area contributed by atoms with Crippen LogP contribution in [0, 0.1) is 5.41 Å². The van der Waals surface area contributed by atoms with Gasteiger partial charge in [0, 0.05) is 6.04 Å². The van der Waals surface area contributed by atoms with E-state index in [0.29, 0.717) is 0 Å². The SMILES string of the molecule is CC(C)(C)C(N)CCc1ccccc1C1CCC1. The van der Waals surface area contributed by atoms with Gasteiger partial charge in [-0.2, -0.15) is 0 Å². The van der Waals surface area contributed by atoms with E-state index in [2.05, 4.69) is 45.0 Å². The van der Waals surface area contributed by atoms with Gasteiger partial charge in [-0.25, -0.2) is 0 Å². The number of benzene rings is 1. The van der Waals surface area contributed by atoms with Crippen molar-refractivity contribution in [2.24, 2.45) is 11.1 Å². The quantitative estimate of drug-likeness (QED) is 0.842. The maximum atomic E-state index is 6.27. The summed E-state index contributed by atoms with van der Waals surface area (Å²) in [5.41, 5.74) is 9.60. The molecule has 1 nitrogen and oxygen atoms in total. The number of hydrogen-bond donors (Lipinski definition) is 1. The van der Waals surface area contributed by atoms with Crippen molar-refractivity contribution in [1.29, 1.82) is 0 Å². The van der Waals surface area contributed by atoms with Gasteiger partial charge in [-0.1, -0.05) is 51.5 Å². The van der Waals surface area contributed by atoms with Crippen molar-refractivity contribution in [3.05, 3.63) is 35.4 Å². The molecule has 0 spiro atoms. The van der Waals surface area contributed by atoms with Crippen LogP contribution >= 0.6 is 0 Å². The number of aryl methyl sites for hydroxylation is 1. The molecule has 0 saturated heterocycles. The van der Waals surface area contributed by atoms with Crippen LogP contribution in [0.2, 0.25) is 0 Å². The Kier molecular flexibility index (Phi) is 4.11. The summed E-state index contributed by atoms with van der Waals surface area (Å²) < 4.78 is 0. The Hall–Kier alpha value is -0.820. The van der Waals surface area contributed by atoms with Crippen LogP contribution in [0.25, 0.3) is 0 Å². The lowest BCUT2D eigenvalue weighted by atomic mass is 9.77. The van der Waals surface area contributed by atoms with Gasteiger partial charge in [0.1, 0.15) is 0 Å². The maximum Gasteiger partial charge on any atom is 0.00908 e. The molecule has 1 unspecified atom stereocenters. The molecule has 0 radical (unpaired) electrons. The van der Waals surface area contributed by atoms with Gasteiger partial charge in [0.2, 0.25) is 0 Å². The van der Waals surface area contributed by atoms with E-state index in [0.717, 1.165) is 18.8 Å². The molecule has 1 atom stereocenters. The van der Waals surface area contributed by atoms with Gasteiger partial charge < -0.3 is 5.73 Å². The summed E-state index contributed by atoms with van der Waals surface area (Å²) in [4.78, 5) is 0. The van der Waals surface area contributed by atoms with Crippen LogP contribution in [-0.2, 0) is 6.42 Å². The summed E-state index contributed by atoms with van der Waals surface area (Å²) in [7, 11) is 0. The highest BCUT2D eigenvalue weighted by Gasteiger charge is 2.23. The Bertz CT molecular complexity index is 385. The van der Waals surface area contributed by atoms with Crippen LogP contribution in [0.15, 0.2) is 24.3 Å². The third-order valence-corrected chi connectivity index (χ3v) is 4.44. The fourth-order valence-corrected chi connectivity index (χ4v) is 2.62. The Labute approximate surface area is 112 Å². The highest BCUT2D eigenvalue weighted by molar-refractivity contribution is 5.31. The van der Waals surface area contributed by atoms with Crippen LogP contribution in [0.1, 0.15) is 63.5 Å². The first-order valence-electron chi connectivity index (χ1n) is 7.32. The van der Waals surface area contributed by atoms with Crippen LogP contribution in [-0.4, -0.2) is 6.04 Å². The molecule has 1 saturated carbocycles. The minimum absolute atomic E-state index is 0.214. The van der Waals surface area contributed by atoms with Gasteiger partial charge in [0.15, 0.2) is 0 Å². The van der Waals surface area contributed by atoms with Gasteiger partial charge in [0.05, 0.1) is 0 Å². The van der Waals surface area contributed by atoms with Crippen molar-refractivity contribution in [3.8, 4) is 0 Å². The molecule has 0 heterocycles. The Morgan fingerprint density at radius 1 is 1.22 bits per heavy atom. The maximum absolute atomic E-state index is 6.27. The fourth-order valence-electron chi connectivity index (χ4n) is 2.62. The van der Waals surface area contributed by atoms with Crippen molar-refractivity contribution in [2.75, 3.05) is 0 Å². The van der Waals surface area contributed by atoms with Gasteiger partial charge in [0.25, 0.3) is 0 Å². The molecule has 0 aliphatic heterocycles. The standard InChI is InChI=1S/C17H27N/c1-17(2,3)16(18)12-11-14-7-4-5-10-15(14)13-8-6-9-13/h4-5,7,10,13,16H,6,8-9,11-12,18H2,1-3H3.